The van der Waals surface area contributed by atoms with E-state index in [1.165, 1.54) is 11.1 Å². The third-order valence-electron chi connectivity index (χ3n) is 4.86. The Hall–Kier alpha value is -2.17. The molecule has 0 aliphatic carbocycles. The highest BCUT2D eigenvalue weighted by atomic mass is 16.2. The number of carbonyl (C=O) groups excluding carboxylic acids is 1. The van der Waals surface area contributed by atoms with Crippen LogP contribution in [0.4, 0.5) is 0 Å². The summed E-state index contributed by atoms with van der Waals surface area (Å²) in [5.74, 6) is 0.266. The van der Waals surface area contributed by atoms with Crippen LogP contribution < -0.4 is 5.73 Å². The second kappa shape index (κ2) is 8.79. The summed E-state index contributed by atoms with van der Waals surface area (Å²) in [6.07, 6.45) is 1.38. The highest BCUT2D eigenvalue weighted by Crippen LogP contribution is 2.11. The number of rotatable bonds is 6. The smallest absolute Gasteiger partial charge is 0.222 e. The SMILES string of the molecule is NCc1ccc(CCC(=O)N2CCN(Cc3ccccc3)CC2)cc1. The molecule has 1 aliphatic heterocycles. The lowest BCUT2D eigenvalue weighted by molar-refractivity contribution is -0.133. The summed E-state index contributed by atoms with van der Waals surface area (Å²) in [6, 6.07) is 18.8. The summed E-state index contributed by atoms with van der Waals surface area (Å²) < 4.78 is 0. The van der Waals surface area contributed by atoms with Crippen molar-refractivity contribution in [2.45, 2.75) is 25.9 Å². The minimum atomic E-state index is 0.266. The van der Waals surface area contributed by atoms with E-state index in [1.807, 2.05) is 23.1 Å². The monoisotopic (exact) mass is 337 g/mol. The number of hydrogen-bond donors (Lipinski definition) is 1. The maximum absolute atomic E-state index is 12.4. The fourth-order valence-electron chi connectivity index (χ4n) is 3.25. The van der Waals surface area contributed by atoms with Gasteiger partial charge in [-0.05, 0) is 23.1 Å². The Morgan fingerprint density at radius 2 is 1.48 bits per heavy atom. The van der Waals surface area contributed by atoms with E-state index in [2.05, 4.69) is 41.3 Å². The number of piperazine rings is 1. The van der Waals surface area contributed by atoms with Crippen molar-refractivity contribution in [3.8, 4) is 0 Å². The number of benzene rings is 2. The molecule has 2 N–H and O–H groups in total. The zero-order valence-corrected chi connectivity index (χ0v) is 14.7. The van der Waals surface area contributed by atoms with Gasteiger partial charge in [-0.1, -0.05) is 54.6 Å². The van der Waals surface area contributed by atoms with Gasteiger partial charge >= 0.3 is 0 Å². The summed E-state index contributed by atoms with van der Waals surface area (Å²) in [5, 5.41) is 0. The van der Waals surface area contributed by atoms with Crippen molar-refractivity contribution < 1.29 is 4.79 Å². The zero-order chi connectivity index (χ0) is 17.5. The molecule has 0 saturated carbocycles. The van der Waals surface area contributed by atoms with Crippen LogP contribution in [0.5, 0.6) is 0 Å². The van der Waals surface area contributed by atoms with Crippen LogP contribution in [0, 0.1) is 0 Å². The average molecular weight is 337 g/mol. The number of aryl methyl sites for hydroxylation is 1. The van der Waals surface area contributed by atoms with Gasteiger partial charge in [0.1, 0.15) is 0 Å². The molecule has 0 radical (unpaired) electrons. The minimum Gasteiger partial charge on any atom is -0.340 e. The van der Waals surface area contributed by atoms with Crippen LogP contribution >= 0.6 is 0 Å². The summed E-state index contributed by atoms with van der Waals surface area (Å²) in [7, 11) is 0. The molecular weight excluding hydrogens is 310 g/mol. The normalized spacial score (nSPS) is 15.3. The van der Waals surface area contributed by atoms with Crippen molar-refractivity contribution in [1.29, 1.82) is 0 Å². The summed E-state index contributed by atoms with van der Waals surface area (Å²) >= 11 is 0. The number of amides is 1. The molecule has 132 valence electrons. The first-order valence-electron chi connectivity index (χ1n) is 9.06. The van der Waals surface area contributed by atoms with E-state index < -0.39 is 0 Å². The first kappa shape index (κ1) is 17.6. The van der Waals surface area contributed by atoms with Crippen molar-refractivity contribution in [2.24, 2.45) is 5.73 Å². The molecule has 0 spiro atoms. The maximum Gasteiger partial charge on any atom is 0.222 e. The van der Waals surface area contributed by atoms with Crippen LogP contribution in [0.2, 0.25) is 0 Å². The lowest BCUT2D eigenvalue weighted by atomic mass is 10.1. The molecule has 3 rings (SSSR count). The summed E-state index contributed by atoms with van der Waals surface area (Å²) in [6.45, 7) is 5.09. The van der Waals surface area contributed by atoms with Crippen molar-refractivity contribution in [3.63, 3.8) is 0 Å². The van der Waals surface area contributed by atoms with E-state index in [9.17, 15) is 4.79 Å². The third-order valence-corrected chi connectivity index (χ3v) is 4.86. The first-order chi connectivity index (χ1) is 12.2. The van der Waals surface area contributed by atoms with Gasteiger partial charge in [-0.25, -0.2) is 0 Å². The quantitative estimate of drug-likeness (QED) is 0.881. The van der Waals surface area contributed by atoms with Gasteiger partial charge in [-0.2, -0.15) is 0 Å². The Morgan fingerprint density at radius 3 is 2.12 bits per heavy atom. The molecule has 2 aromatic rings. The molecular formula is C21H27N3O. The zero-order valence-electron chi connectivity index (χ0n) is 14.7. The van der Waals surface area contributed by atoms with Crippen LogP contribution in [-0.4, -0.2) is 41.9 Å². The first-order valence-corrected chi connectivity index (χ1v) is 9.06. The van der Waals surface area contributed by atoms with Crippen molar-refractivity contribution in [1.82, 2.24) is 9.80 Å². The Balaban J connectivity index is 1.41. The van der Waals surface area contributed by atoms with E-state index in [0.29, 0.717) is 13.0 Å². The van der Waals surface area contributed by atoms with Crippen LogP contribution in [0.15, 0.2) is 54.6 Å². The molecule has 0 bridgehead atoms. The second-order valence-electron chi connectivity index (χ2n) is 6.66. The maximum atomic E-state index is 12.4. The van der Waals surface area contributed by atoms with E-state index in [0.717, 1.165) is 44.7 Å². The number of carbonyl (C=O) groups is 1. The molecule has 25 heavy (non-hydrogen) atoms. The van der Waals surface area contributed by atoms with E-state index in [1.54, 1.807) is 0 Å². The molecule has 0 atom stereocenters. The van der Waals surface area contributed by atoms with Crippen molar-refractivity contribution >= 4 is 5.91 Å². The lowest BCUT2D eigenvalue weighted by Gasteiger charge is -2.34. The predicted octanol–water partition coefficient (Wildman–Crippen LogP) is 2.42. The van der Waals surface area contributed by atoms with Gasteiger partial charge in [0.2, 0.25) is 5.91 Å². The topological polar surface area (TPSA) is 49.6 Å². The van der Waals surface area contributed by atoms with Crippen molar-refractivity contribution in [2.75, 3.05) is 26.2 Å². The summed E-state index contributed by atoms with van der Waals surface area (Å²) in [5.41, 5.74) is 9.28. The fraction of sp³-hybridized carbons (Fsp3) is 0.381. The Morgan fingerprint density at radius 1 is 0.840 bits per heavy atom. The Kier molecular flexibility index (Phi) is 6.20. The predicted molar refractivity (Wildman–Crippen MR) is 101 cm³/mol. The van der Waals surface area contributed by atoms with E-state index in [4.69, 9.17) is 5.73 Å². The number of nitrogens with two attached hydrogens (primary N) is 1. The van der Waals surface area contributed by atoms with Crippen LogP contribution in [0.25, 0.3) is 0 Å². The molecule has 1 fully saturated rings. The van der Waals surface area contributed by atoms with Gasteiger partial charge in [0, 0.05) is 45.7 Å². The van der Waals surface area contributed by atoms with E-state index >= 15 is 0 Å². The Bertz CT molecular complexity index is 661. The van der Waals surface area contributed by atoms with Gasteiger partial charge in [0.05, 0.1) is 0 Å². The molecule has 0 aromatic heterocycles. The van der Waals surface area contributed by atoms with Crippen LogP contribution in [0.3, 0.4) is 0 Å². The van der Waals surface area contributed by atoms with E-state index in [-0.39, 0.29) is 5.91 Å². The largest absolute Gasteiger partial charge is 0.340 e. The van der Waals surface area contributed by atoms with Crippen molar-refractivity contribution in [3.05, 3.63) is 71.3 Å². The number of hydrogen-bond acceptors (Lipinski definition) is 3. The standard InChI is InChI=1S/C21H27N3O/c22-16-19-8-6-18(7-9-19)10-11-21(25)24-14-12-23(13-15-24)17-20-4-2-1-3-5-20/h1-9H,10-17,22H2. The van der Waals surface area contributed by atoms with Crippen LogP contribution in [-0.2, 0) is 24.3 Å². The highest BCUT2D eigenvalue weighted by molar-refractivity contribution is 5.76. The lowest BCUT2D eigenvalue weighted by Crippen LogP contribution is -2.48. The molecule has 1 aliphatic rings. The molecule has 4 heteroatoms. The molecule has 1 saturated heterocycles. The molecule has 1 amide bonds. The Labute approximate surface area is 150 Å². The summed E-state index contributed by atoms with van der Waals surface area (Å²) in [4.78, 5) is 16.9. The molecule has 2 aromatic carbocycles. The molecule has 0 unspecified atom stereocenters. The number of nitrogens with zero attached hydrogens (tertiary/aromatic N) is 2. The molecule has 4 nitrogen and oxygen atoms in total. The fourth-order valence-corrected chi connectivity index (χ4v) is 3.25. The highest BCUT2D eigenvalue weighted by Gasteiger charge is 2.20. The van der Waals surface area contributed by atoms with Gasteiger partial charge in [-0.15, -0.1) is 0 Å². The van der Waals surface area contributed by atoms with Gasteiger partial charge < -0.3 is 10.6 Å². The average Bonchev–Trinajstić information content (AvgIpc) is 2.68. The van der Waals surface area contributed by atoms with Gasteiger partial charge in [0.25, 0.3) is 0 Å². The second-order valence-corrected chi connectivity index (χ2v) is 6.66. The third kappa shape index (κ3) is 5.15. The van der Waals surface area contributed by atoms with Crippen LogP contribution in [0.1, 0.15) is 23.1 Å². The van der Waals surface area contributed by atoms with Gasteiger partial charge in [-0.3, -0.25) is 9.69 Å². The van der Waals surface area contributed by atoms with Gasteiger partial charge in [0.15, 0.2) is 0 Å². The minimum absolute atomic E-state index is 0.266. The molecule has 1 heterocycles.